The van der Waals surface area contributed by atoms with Crippen molar-refractivity contribution in [3.63, 3.8) is 0 Å². The Balaban J connectivity index is 1.95. The fraction of sp³-hybridized carbons (Fsp3) is 0.600. The van der Waals surface area contributed by atoms with E-state index < -0.39 is 0 Å². The molecular formula is C15H24N2O. The lowest BCUT2D eigenvalue weighted by Crippen LogP contribution is -2.41. The van der Waals surface area contributed by atoms with Crippen LogP contribution in [-0.2, 0) is 0 Å². The molecule has 2 unspecified atom stereocenters. The Bertz CT molecular complexity index is 363. The number of hydrogen-bond acceptors (Lipinski definition) is 3. The van der Waals surface area contributed by atoms with Gasteiger partial charge in [-0.3, -0.25) is 4.90 Å². The smallest absolute Gasteiger partial charge is 0.118 e. The molecule has 18 heavy (non-hydrogen) atoms. The molecule has 0 aromatic heterocycles. The molecule has 3 heteroatoms. The van der Waals surface area contributed by atoms with Crippen LogP contribution in [0.1, 0.15) is 37.8 Å². The van der Waals surface area contributed by atoms with Gasteiger partial charge in [-0.05, 0) is 44.0 Å². The summed E-state index contributed by atoms with van der Waals surface area (Å²) in [5.74, 6) is 0.886. The summed E-state index contributed by atoms with van der Waals surface area (Å²) in [6, 6.07) is 8.86. The highest BCUT2D eigenvalue weighted by Gasteiger charge is 2.20. The van der Waals surface area contributed by atoms with E-state index in [-0.39, 0.29) is 6.04 Å². The molecule has 0 aliphatic carbocycles. The minimum Gasteiger partial charge on any atom is -0.497 e. The van der Waals surface area contributed by atoms with Gasteiger partial charge >= 0.3 is 0 Å². The van der Waals surface area contributed by atoms with E-state index in [4.69, 9.17) is 10.5 Å². The number of benzene rings is 1. The summed E-state index contributed by atoms with van der Waals surface area (Å²) in [6.45, 7) is 4.44. The molecule has 1 saturated heterocycles. The monoisotopic (exact) mass is 248 g/mol. The zero-order chi connectivity index (χ0) is 13.0. The van der Waals surface area contributed by atoms with Crippen molar-refractivity contribution in [3.8, 4) is 5.75 Å². The second-order valence-corrected chi connectivity index (χ2v) is 5.22. The number of likely N-dealkylation sites (tertiary alicyclic amines) is 1. The van der Waals surface area contributed by atoms with E-state index in [1.54, 1.807) is 7.11 Å². The molecule has 1 fully saturated rings. The van der Waals surface area contributed by atoms with Crippen molar-refractivity contribution in [1.29, 1.82) is 0 Å². The Labute approximate surface area is 110 Å². The molecule has 2 atom stereocenters. The van der Waals surface area contributed by atoms with E-state index >= 15 is 0 Å². The van der Waals surface area contributed by atoms with Crippen LogP contribution in [0.3, 0.4) is 0 Å². The van der Waals surface area contributed by atoms with Crippen LogP contribution >= 0.6 is 0 Å². The van der Waals surface area contributed by atoms with Gasteiger partial charge in [-0.1, -0.05) is 18.6 Å². The Kier molecular flexibility index (Phi) is 4.61. The molecule has 1 aliphatic rings. The van der Waals surface area contributed by atoms with Crippen LogP contribution in [0.2, 0.25) is 0 Å². The fourth-order valence-electron chi connectivity index (χ4n) is 2.64. The van der Waals surface area contributed by atoms with E-state index in [2.05, 4.69) is 24.0 Å². The Morgan fingerprint density at radius 1 is 1.33 bits per heavy atom. The molecule has 1 aromatic rings. The van der Waals surface area contributed by atoms with E-state index in [1.807, 2.05) is 12.1 Å². The second-order valence-electron chi connectivity index (χ2n) is 5.22. The molecule has 100 valence electrons. The van der Waals surface area contributed by atoms with Gasteiger partial charge in [0.1, 0.15) is 5.75 Å². The predicted octanol–water partition coefficient (Wildman–Crippen LogP) is 2.57. The van der Waals surface area contributed by atoms with Gasteiger partial charge in [0.2, 0.25) is 0 Å². The van der Waals surface area contributed by atoms with Gasteiger partial charge in [0.25, 0.3) is 0 Å². The van der Waals surface area contributed by atoms with Crippen LogP contribution < -0.4 is 10.5 Å². The highest BCUT2D eigenvalue weighted by molar-refractivity contribution is 5.29. The summed E-state index contributed by atoms with van der Waals surface area (Å²) in [5.41, 5.74) is 7.49. The van der Waals surface area contributed by atoms with Gasteiger partial charge in [0, 0.05) is 18.6 Å². The van der Waals surface area contributed by atoms with Crippen molar-refractivity contribution in [1.82, 2.24) is 4.90 Å². The van der Waals surface area contributed by atoms with E-state index in [1.165, 1.54) is 31.4 Å². The maximum absolute atomic E-state index is 6.30. The number of ether oxygens (including phenoxy) is 1. The molecule has 0 bridgehead atoms. The zero-order valence-electron chi connectivity index (χ0n) is 11.4. The number of hydrogen-bond donors (Lipinski definition) is 1. The fourth-order valence-corrected chi connectivity index (χ4v) is 2.64. The first-order valence-electron chi connectivity index (χ1n) is 6.84. The van der Waals surface area contributed by atoms with Crippen LogP contribution in [0.15, 0.2) is 24.3 Å². The molecule has 0 spiro atoms. The van der Waals surface area contributed by atoms with E-state index in [9.17, 15) is 0 Å². The lowest BCUT2D eigenvalue weighted by molar-refractivity contribution is 0.151. The molecule has 0 saturated carbocycles. The molecule has 3 nitrogen and oxygen atoms in total. The largest absolute Gasteiger partial charge is 0.497 e. The highest BCUT2D eigenvalue weighted by atomic mass is 16.5. The van der Waals surface area contributed by atoms with Crippen molar-refractivity contribution in [2.24, 2.45) is 5.73 Å². The minimum absolute atomic E-state index is 0.0939. The summed E-state index contributed by atoms with van der Waals surface area (Å²) in [4.78, 5) is 2.51. The predicted molar refractivity (Wildman–Crippen MR) is 74.8 cm³/mol. The van der Waals surface area contributed by atoms with Crippen molar-refractivity contribution < 1.29 is 4.74 Å². The van der Waals surface area contributed by atoms with Crippen LogP contribution in [0.4, 0.5) is 0 Å². The van der Waals surface area contributed by atoms with Gasteiger partial charge in [0.15, 0.2) is 0 Å². The second kappa shape index (κ2) is 6.21. The first-order valence-corrected chi connectivity index (χ1v) is 6.84. The maximum Gasteiger partial charge on any atom is 0.118 e. The third-order valence-corrected chi connectivity index (χ3v) is 3.92. The average molecular weight is 248 g/mol. The minimum atomic E-state index is 0.0939. The first kappa shape index (κ1) is 13.4. The quantitative estimate of drug-likeness (QED) is 0.890. The third kappa shape index (κ3) is 3.24. The molecule has 2 rings (SSSR count). The Morgan fingerprint density at radius 3 is 2.67 bits per heavy atom. The Hall–Kier alpha value is -1.06. The standard InChI is InChI=1S/C15H24N2O/c1-12-5-3-4-10-17(12)11-15(16)13-6-8-14(18-2)9-7-13/h6-9,12,15H,3-5,10-11,16H2,1-2H3. The molecule has 1 aromatic carbocycles. The lowest BCUT2D eigenvalue weighted by atomic mass is 10.0. The SMILES string of the molecule is COc1ccc(C(N)CN2CCCCC2C)cc1. The van der Waals surface area contributed by atoms with Gasteiger partial charge in [-0.25, -0.2) is 0 Å². The summed E-state index contributed by atoms with van der Waals surface area (Å²) in [6.07, 6.45) is 3.96. The average Bonchev–Trinajstić information content (AvgIpc) is 2.41. The normalized spacial score (nSPS) is 22.7. The van der Waals surface area contributed by atoms with Crippen molar-refractivity contribution >= 4 is 0 Å². The molecule has 1 aliphatic heterocycles. The number of nitrogens with zero attached hydrogens (tertiary/aromatic N) is 1. The summed E-state index contributed by atoms with van der Waals surface area (Å²) < 4.78 is 5.16. The molecular weight excluding hydrogens is 224 g/mol. The lowest BCUT2D eigenvalue weighted by Gasteiger charge is -2.35. The van der Waals surface area contributed by atoms with Gasteiger partial charge in [-0.15, -0.1) is 0 Å². The molecule has 0 amide bonds. The molecule has 2 N–H and O–H groups in total. The number of piperidine rings is 1. The molecule has 1 heterocycles. The van der Waals surface area contributed by atoms with E-state index in [0.717, 1.165) is 12.3 Å². The molecule has 0 radical (unpaired) electrons. The number of rotatable bonds is 4. The topological polar surface area (TPSA) is 38.5 Å². The summed E-state index contributed by atoms with van der Waals surface area (Å²) >= 11 is 0. The zero-order valence-corrected chi connectivity index (χ0v) is 11.4. The number of methoxy groups -OCH3 is 1. The first-order chi connectivity index (χ1) is 8.70. The van der Waals surface area contributed by atoms with Crippen molar-refractivity contribution in [3.05, 3.63) is 29.8 Å². The Morgan fingerprint density at radius 2 is 2.06 bits per heavy atom. The van der Waals surface area contributed by atoms with E-state index in [0.29, 0.717) is 6.04 Å². The van der Waals surface area contributed by atoms with Crippen molar-refractivity contribution in [2.45, 2.75) is 38.3 Å². The van der Waals surface area contributed by atoms with Crippen LogP contribution in [0, 0.1) is 0 Å². The van der Waals surface area contributed by atoms with Crippen LogP contribution in [0.5, 0.6) is 5.75 Å². The van der Waals surface area contributed by atoms with Gasteiger partial charge in [-0.2, -0.15) is 0 Å². The maximum atomic E-state index is 6.30. The number of nitrogens with two attached hydrogens (primary N) is 1. The third-order valence-electron chi connectivity index (χ3n) is 3.92. The summed E-state index contributed by atoms with van der Waals surface area (Å²) in [7, 11) is 1.68. The van der Waals surface area contributed by atoms with Crippen LogP contribution in [-0.4, -0.2) is 31.1 Å². The van der Waals surface area contributed by atoms with Crippen LogP contribution in [0.25, 0.3) is 0 Å². The summed E-state index contributed by atoms with van der Waals surface area (Å²) in [5, 5.41) is 0. The van der Waals surface area contributed by atoms with Gasteiger partial charge < -0.3 is 10.5 Å². The van der Waals surface area contributed by atoms with Crippen molar-refractivity contribution in [2.75, 3.05) is 20.2 Å². The van der Waals surface area contributed by atoms with Gasteiger partial charge in [0.05, 0.1) is 7.11 Å². The highest BCUT2D eigenvalue weighted by Crippen LogP contribution is 2.21.